The number of Topliss-reactive ketones (excluding diaryl/α,β-unsaturated/α-hetero) is 1. The van der Waals surface area contributed by atoms with Crippen LogP contribution in [0.25, 0.3) is 22.9 Å². The molecule has 8 heteroatoms. The Kier molecular flexibility index (Phi) is 6.37. The summed E-state index contributed by atoms with van der Waals surface area (Å²) in [5.41, 5.74) is 1.93. The molecule has 2 aromatic heterocycles. The van der Waals surface area contributed by atoms with Gasteiger partial charge in [0.2, 0.25) is 0 Å². The second-order valence-corrected chi connectivity index (χ2v) is 7.74. The Morgan fingerprint density at radius 1 is 1.03 bits per heavy atom. The van der Waals surface area contributed by atoms with Crippen molar-refractivity contribution in [2.24, 2.45) is 0 Å². The van der Waals surface area contributed by atoms with Gasteiger partial charge in [0.25, 0.3) is 0 Å². The topological polar surface area (TPSA) is 90.2 Å². The highest BCUT2D eigenvalue weighted by molar-refractivity contribution is 7.99. The summed E-state index contributed by atoms with van der Waals surface area (Å²) < 4.78 is 17.4. The van der Waals surface area contributed by atoms with Gasteiger partial charge in [0.15, 0.2) is 28.2 Å². The molecule has 0 atom stereocenters. The van der Waals surface area contributed by atoms with E-state index >= 15 is 0 Å². The Morgan fingerprint density at radius 2 is 1.84 bits per heavy atom. The lowest BCUT2D eigenvalue weighted by molar-refractivity contribution is -0.114. The predicted molar refractivity (Wildman–Crippen MR) is 118 cm³/mol. The lowest BCUT2D eigenvalue weighted by Crippen LogP contribution is -1.97. The molecule has 0 saturated carbocycles. The summed E-state index contributed by atoms with van der Waals surface area (Å²) in [4.78, 5) is 14.2. The molecule has 0 unspecified atom stereocenters. The summed E-state index contributed by atoms with van der Waals surface area (Å²) in [5.74, 6) is 3.42. The van der Waals surface area contributed by atoms with E-state index in [1.54, 1.807) is 7.11 Å². The molecule has 4 aromatic rings. The Morgan fingerprint density at radius 3 is 2.61 bits per heavy atom. The standard InChI is InChI=1S/C23H21N3O4S/c1-15(27)14-31-23-24-22(25-26-23)20-11-10-18(30-20)17-8-9-19(21(12-17)28-2)29-13-16-6-4-3-5-7-16/h3-12H,13-14H2,1-2H3,(H,24,25,26). The number of ketones is 1. The number of carbonyl (C=O) groups is 1. The fourth-order valence-corrected chi connectivity index (χ4v) is 3.50. The molecule has 0 aliphatic carbocycles. The minimum absolute atomic E-state index is 0.0772. The van der Waals surface area contributed by atoms with E-state index in [0.29, 0.717) is 46.4 Å². The van der Waals surface area contributed by atoms with Gasteiger partial charge in [-0.25, -0.2) is 0 Å². The maximum atomic E-state index is 11.1. The number of carbonyl (C=O) groups excluding carboxylic acids is 1. The van der Waals surface area contributed by atoms with Gasteiger partial charge in [-0.1, -0.05) is 42.1 Å². The average molecular weight is 436 g/mol. The van der Waals surface area contributed by atoms with Gasteiger partial charge >= 0.3 is 0 Å². The lowest BCUT2D eigenvalue weighted by Gasteiger charge is -2.11. The maximum Gasteiger partial charge on any atom is 0.197 e. The number of aromatic nitrogens is 3. The molecule has 158 valence electrons. The van der Waals surface area contributed by atoms with Gasteiger partial charge < -0.3 is 18.9 Å². The van der Waals surface area contributed by atoms with Gasteiger partial charge in [-0.2, -0.15) is 0 Å². The number of hydrogen-bond acceptors (Lipinski definition) is 7. The first-order chi connectivity index (χ1) is 15.1. The number of benzene rings is 2. The van der Waals surface area contributed by atoms with Gasteiger partial charge in [0.05, 0.1) is 12.9 Å². The third kappa shape index (κ3) is 5.16. The first kappa shape index (κ1) is 20.7. The number of rotatable bonds is 9. The van der Waals surface area contributed by atoms with Gasteiger partial charge in [-0.15, -0.1) is 10.2 Å². The van der Waals surface area contributed by atoms with Crippen LogP contribution in [0.5, 0.6) is 11.5 Å². The Hall–Kier alpha value is -3.52. The smallest absolute Gasteiger partial charge is 0.197 e. The van der Waals surface area contributed by atoms with Crippen molar-refractivity contribution in [2.45, 2.75) is 18.7 Å². The van der Waals surface area contributed by atoms with Crippen molar-refractivity contribution in [3.8, 4) is 34.4 Å². The number of nitrogens with one attached hydrogen (secondary N) is 1. The molecular weight excluding hydrogens is 414 g/mol. The quantitative estimate of drug-likeness (QED) is 0.370. The summed E-state index contributed by atoms with van der Waals surface area (Å²) in [6.07, 6.45) is 0. The van der Waals surface area contributed by atoms with E-state index in [9.17, 15) is 4.79 Å². The molecule has 0 bridgehead atoms. The molecule has 2 heterocycles. The third-order valence-corrected chi connectivity index (χ3v) is 5.41. The van der Waals surface area contributed by atoms with Crippen LogP contribution in [0.3, 0.4) is 0 Å². The van der Waals surface area contributed by atoms with E-state index in [-0.39, 0.29) is 5.78 Å². The zero-order valence-electron chi connectivity index (χ0n) is 17.1. The number of thioether (sulfide) groups is 1. The van der Waals surface area contributed by atoms with Crippen LogP contribution in [-0.4, -0.2) is 33.8 Å². The Labute approximate surface area is 183 Å². The molecule has 31 heavy (non-hydrogen) atoms. The fourth-order valence-electron chi connectivity index (χ4n) is 2.89. The van der Waals surface area contributed by atoms with Crippen LogP contribution in [-0.2, 0) is 11.4 Å². The highest BCUT2D eigenvalue weighted by Gasteiger charge is 2.14. The predicted octanol–water partition coefficient (Wildman–Crippen LogP) is 5.00. The Balaban J connectivity index is 1.48. The Bertz CT molecular complexity index is 1170. The summed E-state index contributed by atoms with van der Waals surface area (Å²) in [6, 6.07) is 19.3. The number of nitrogens with zero attached hydrogens (tertiary/aromatic N) is 2. The van der Waals surface area contributed by atoms with Crippen LogP contribution < -0.4 is 9.47 Å². The highest BCUT2D eigenvalue weighted by Crippen LogP contribution is 2.35. The van der Waals surface area contributed by atoms with E-state index in [4.69, 9.17) is 13.9 Å². The van der Waals surface area contributed by atoms with Crippen molar-refractivity contribution in [1.29, 1.82) is 0 Å². The number of ether oxygens (including phenoxy) is 2. The van der Waals surface area contributed by atoms with Gasteiger partial charge in [-0.3, -0.25) is 4.79 Å². The molecule has 0 radical (unpaired) electrons. The average Bonchev–Trinajstić information content (AvgIpc) is 3.46. The van der Waals surface area contributed by atoms with E-state index < -0.39 is 0 Å². The van der Waals surface area contributed by atoms with Crippen LogP contribution in [0.2, 0.25) is 0 Å². The summed E-state index contributed by atoms with van der Waals surface area (Å²) in [6.45, 7) is 1.99. The molecule has 0 amide bonds. The van der Waals surface area contributed by atoms with E-state index in [0.717, 1.165) is 11.1 Å². The third-order valence-electron chi connectivity index (χ3n) is 4.40. The minimum atomic E-state index is 0.0772. The second-order valence-electron chi connectivity index (χ2n) is 6.77. The van der Waals surface area contributed by atoms with Gasteiger partial charge in [0.1, 0.15) is 18.2 Å². The van der Waals surface area contributed by atoms with Crippen molar-refractivity contribution in [1.82, 2.24) is 15.2 Å². The first-order valence-electron chi connectivity index (χ1n) is 9.62. The normalized spacial score (nSPS) is 10.8. The first-order valence-corrected chi connectivity index (χ1v) is 10.6. The van der Waals surface area contributed by atoms with Crippen LogP contribution >= 0.6 is 11.8 Å². The molecule has 0 aliphatic rings. The SMILES string of the molecule is COc1cc(-c2ccc(-c3nnc(SCC(C)=O)[nH]3)o2)ccc1OCc1ccccc1. The summed E-state index contributed by atoms with van der Waals surface area (Å²) >= 11 is 1.31. The minimum Gasteiger partial charge on any atom is -0.493 e. The van der Waals surface area contributed by atoms with E-state index in [2.05, 4.69) is 15.2 Å². The van der Waals surface area contributed by atoms with Crippen LogP contribution in [0.15, 0.2) is 70.2 Å². The zero-order valence-corrected chi connectivity index (χ0v) is 17.9. The summed E-state index contributed by atoms with van der Waals surface area (Å²) in [7, 11) is 1.61. The fraction of sp³-hybridized carbons (Fsp3) is 0.174. The van der Waals surface area contributed by atoms with Crippen LogP contribution in [0.1, 0.15) is 12.5 Å². The molecule has 2 aromatic carbocycles. The molecular formula is C23H21N3O4S. The van der Waals surface area contributed by atoms with Crippen LogP contribution in [0.4, 0.5) is 0 Å². The highest BCUT2D eigenvalue weighted by atomic mass is 32.2. The lowest BCUT2D eigenvalue weighted by atomic mass is 10.1. The molecule has 0 spiro atoms. The second kappa shape index (κ2) is 9.53. The van der Waals surface area contributed by atoms with Crippen molar-refractivity contribution < 1.29 is 18.7 Å². The largest absolute Gasteiger partial charge is 0.493 e. The van der Waals surface area contributed by atoms with E-state index in [1.807, 2.05) is 60.7 Å². The van der Waals surface area contributed by atoms with Gasteiger partial charge in [-0.05, 0) is 42.8 Å². The number of aromatic amines is 1. The molecule has 0 aliphatic heterocycles. The van der Waals surface area contributed by atoms with Crippen molar-refractivity contribution in [3.05, 3.63) is 66.2 Å². The van der Waals surface area contributed by atoms with Crippen molar-refractivity contribution >= 4 is 17.5 Å². The number of methoxy groups -OCH3 is 1. The van der Waals surface area contributed by atoms with Crippen LogP contribution in [0, 0.1) is 0 Å². The molecule has 0 saturated heterocycles. The van der Waals surface area contributed by atoms with Crippen molar-refractivity contribution in [2.75, 3.05) is 12.9 Å². The summed E-state index contributed by atoms with van der Waals surface area (Å²) in [5, 5.41) is 8.71. The monoisotopic (exact) mass is 435 g/mol. The zero-order chi connectivity index (χ0) is 21.6. The maximum absolute atomic E-state index is 11.1. The number of furan rings is 1. The molecule has 1 N–H and O–H groups in total. The van der Waals surface area contributed by atoms with Crippen molar-refractivity contribution in [3.63, 3.8) is 0 Å². The number of H-pyrrole nitrogens is 1. The van der Waals surface area contributed by atoms with Gasteiger partial charge in [0, 0.05) is 5.56 Å². The molecule has 0 fully saturated rings. The molecule has 4 rings (SSSR count). The molecule has 7 nitrogen and oxygen atoms in total. The number of hydrogen-bond donors (Lipinski definition) is 1. The van der Waals surface area contributed by atoms with E-state index in [1.165, 1.54) is 18.7 Å².